The number of pyridine rings is 1. The highest BCUT2D eigenvalue weighted by Crippen LogP contribution is 2.30. The second-order valence-corrected chi connectivity index (χ2v) is 5.99. The maximum absolute atomic E-state index is 12.4. The standard InChI is InChI=1S/C20H25F3N4O3.HI/c1-4-24-19(27-15-8-9-16(29-5-2)17(11-15)28-3)26-12-14-7-6-10-25-18(14)30-13-20(21,22)23;/h6-11H,4-5,12-13H2,1-3H3,(H2,24,26,27);1H. The van der Waals surface area contributed by atoms with Gasteiger partial charge < -0.3 is 24.8 Å². The Morgan fingerprint density at radius 2 is 1.90 bits per heavy atom. The molecule has 2 rings (SSSR count). The van der Waals surface area contributed by atoms with Gasteiger partial charge in [0.15, 0.2) is 24.1 Å². The molecule has 1 aromatic carbocycles. The van der Waals surface area contributed by atoms with Crippen molar-refractivity contribution >= 4 is 35.6 Å². The van der Waals surface area contributed by atoms with Crippen LogP contribution < -0.4 is 24.8 Å². The van der Waals surface area contributed by atoms with Crippen molar-refractivity contribution < 1.29 is 27.4 Å². The van der Waals surface area contributed by atoms with E-state index < -0.39 is 12.8 Å². The number of methoxy groups -OCH3 is 1. The van der Waals surface area contributed by atoms with Crippen LogP contribution in [0.25, 0.3) is 0 Å². The molecule has 172 valence electrons. The number of aromatic nitrogens is 1. The molecule has 0 saturated carbocycles. The minimum absolute atomic E-state index is 0. The van der Waals surface area contributed by atoms with Crippen LogP contribution in [0.2, 0.25) is 0 Å². The van der Waals surface area contributed by atoms with Crippen LogP contribution in [0.4, 0.5) is 18.9 Å². The highest BCUT2D eigenvalue weighted by Gasteiger charge is 2.29. The van der Waals surface area contributed by atoms with Crippen LogP contribution in [-0.4, -0.2) is 44.0 Å². The molecule has 0 aliphatic rings. The quantitative estimate of drug-likeness (QED) is 0.268. The summed E-state index contributed by atoms with van der Waals surface area (Å²) >= 11 is 0. The van der Waals surface area contributed by atoms with Crippen LogP contribution in [0.3, 0.4) is 0 Å². The molecule has 0 fully saturated rings. The van der Waals surface area contributed by atoms with Gasteiger partial charge in [0.25, 0.3) is 0 Å². The summed E-state index contributed by atoms with van der Waals surface area (Å²) in [5, 5.41) is 6.21. The zero-order valence-electron chi connectivity index (χ0n) is 17.5. The highest BCUT2D eigenvalue weighted by molar-refractivity contribution is 14.0. The molecular formula is C20H26F3IN4O3. The number of anilines is 1. The van der Waals surface area contributed by atoms with Crippen LogP contribution in [0, 0.1) is 0 Å². The number of guanidine groups is 1. The summed E-state index contributed by atoms with van der Waals surface area (Å²) in [6, 6.07) is 8.58. The van der Waals surface area contributed by atoms with Crippen LogP contribution in [0.1, 0.15) is 19.4 Å². The summed E-state index contributed by atoms with van der Waals surface area (Å²) in [5.41, 5.74) is 1.14. The summed E-state index contributed by atoms with van der Waals surface area (Å²) in [4.78, 5) is 8.30. The second-order valence-electron chi connectivity index (χ2n) is 5.99. The van der Waals surface area contributed by atoms with Crippen molar-refractivity contribution in [1.29, 1.82) is 0 Å². The van der Waals surface area contributed by atoms with E-state index in [9.17, 15) is 13.2 Å². The number of ether oxygens (including phenoxy) is 3. The normalized spacial score (nSPS) is 11.4. The van der Waals surface area contributed by atoms with Crippen molar-refractivity contribution in [2.24, 2.45) is 4.99 Å². The lowest BCUT2D eigenvalue weighted by atomic mass is 10.2. The topological polar surface area (TPSA) is 77.0 Å². The van der Waals surface area contributed by atoms with Crippen molar-refractivity contribution in [2.75, 3.05) is 32.2 Å². The smallest absolute Gasteiger partial charge is 0.422 e. The van der Waals surface area contributed by atoms with Gasteiger partial charge in [-0.05, 0) is 32.0 Å². The third-order valence-corrected chi connectivity index (χ3v) is 3.70. The predicted octanol–water partition coefficient (Wildman–Crippen LogP) is 4.63. The molecule has 0 aliphatic carbocycles. The van der Waals surface area contributed by atoms with Gasteiger partial charge >= 0.3 is 6.18 Å². The average Bonchev–Trinajstić information content (AvgIpc) is 2.72. The molecular weight excluding hydrogens is 528 g/mol. The maximum Gasteiger partial charge on any atom is 0.422 e. The summed E-state index contributed by atoms with van der Waals surface area (Å²) < 4.78 is 53.0. The number of nitrogens with one attached hydrogen (secondary N) is 2. The van der Waals surface area contributed by atoms with E-state index in [1.165, 1.54) is 6.20 Å². The average molecular weight is 554 g/mol. The molecule has 0 atom stereocenters. The van der Waals surface area contributed by atoms with Crippen LogP contribution in [-0.2, 0) is 6.54 Å². The molecule has 0 saturated heterocycles. The summed E-state index contributed by atoms with van der Waals surface area (Å²) in [5.74, 6) is 1.52. The number of halogens is 4. The minimum Gasteiger partial charge on any atom is -0.493 e. The first kappa shape index (κ1) is 26.6. The van der Waals surface area contributed by atoms with Crippen molar-refractivity contribution in [2.45, 2.75) is 26.6 Å². The summed E-state index contributed by atoms with van der Waals surface area (Å²) in [6.07, 6.45) is -3.07. The Hall–Kier alpha value is -2.44. The molecule has 7 nitrogen and oxygen atoms in total. The SMILES string of the molecule is CCNC(=NCc1cccnc1OCC(F)(F)F)Nc1ccc(OCC)c(OC)c1.I. The Kier molecular flexibility index (Phi) is 11.2. The van der Waals surface area contributed by atoms with Crippen molar-refractivity contribution in [3.63, 3.8) is 0 Å². The fraction of sp³-hybridized carbons (Fsp3) is 0.400. The van der Waals surface area contributed by atoms with E-state index in [2.05, 4.69) is 20.6 Å². The zero-order valence-corrected chi connectivity index (χ0v) is 19.8. The van der Waals surface area contributed by atoms with E-state index in [-0.39, 0.29) is 36.4 Å². The van der Waals surface area contributed by atoms with E-state index in [4.69, 9.17) is 14.2 Å². The Bertz CT molecular complexity index is 851. The third kappa shape index (κ3) is 9.07. The number of alkyl halides is 3. The molecule has 2 N–H and O–H groups in total. The molecule has 1 heterocycles. The van der Waals surface area contributed by atoms with E-state index in [0.717, 1.165) is 0 Å². The van der Waals surface area contributed by atoms with E-state index >= 15 is 0 Å². The molecule has 1 aromatic heterocycles. The van der Waals surface area contributed by atoms with Gasteiger partial charge in [0.2, 0.25) is 5.88 Å². The van der Waals surface area contributed by atoms with Gasteiger partial charge in [-0.1, -0.05) is 6.07 Å². The number of rotatable bonds is 9. The first-order chi connectivity index (χ1) is 14.4. The van der Waals surface area contributed by atoms with Gasteiger partial charge in [-0.25, -0.2) is 9.98 Å². The maximum atomic E-state index is 12.4. The van der Waals surface area contributed by atoms with Gasteiger partial charge in [-0.3, -0.25) is 0 Å². The number of hydrogen-bond donors (Lipinski definition) is 2. The fourth-order valence-electron chi connectivity index (χ4n) is 2.45. The van der Waals surface area contributed by atoms with E-state index in [1.807, 2.05) is 19.9 Å². The van der Waals surface area contributed by atoms with Crippen LogP contribution in [0.5, 0.6) is 17.4 Å². The number of nitrogens with zero attached hydrogens (tertiary/aromatic N) is 2. The van der Waals surface area contributed by atoms with Gasteiger partial charge in [-0.15, -0.1) is 24.0 Å². The van der Waals surface area contributed by atoms with E-state index in [0.29, 0.717) is 41.9 Å². The third-order valence-electron chi connectivity index (χ3n) is 3.70. The number of hydrogen-bond acceptors (Lipinski definition) is 5. The number of benzene rings is 1. The molecule has 0 amide bonds. The molecule has 0 bridgehead atoms. The lowest BCUT2D eigenvalue weighted by Gasteiger charge is -2.15. The second kappa shape index (κ2) is 13.1. The first-order valence-electron chi connectivity index (χ1n) is 9.35. The Morgan fingerprint density at radius 1 is 1.13 bits per heavy atom. The Morgan fingerprint density at radius 3 is 2.55 bits per heavy atom. The molecule has 11 heteroatoms. The highest BCUT2D eigenvalue weighted by atomic mass is 127. The van der Waals surface area contributed by atoms with Crippen molar-refractivity contribution in [3.05, 3.63) is 42.1 Å². The molecule has 0 aliphatic heterocycles. The zero-order chi connectivity index (χ0) is 22.0. The molecule has 31 heavy (non-hydrogen) atoms. The fourth-order valence-corrected chi connectivity index (χ4v) is 2.45. The minimum atomic E-state index is -4.44. The van der Waals surface area contributed by atoms with Crippen LogP contribution in [0.15, 0.2) is 41.5 Å². The summed E-state index contributed by atoms with van der Waals surface area (Å²) in [7, 11) is 1.55. The van der Waals surface area contributed by atoms with Gasteiger partial charge in [0.1, 0.15) is 0 Å². The predicted molar refractivity (Wildman–Crippen MR) is 124 cm³/mol. The molecule has 0 radical (unpaired) electrons. The Labute approximate surface area is 196 Å². The Balaban J connectivity index is 0.00000480. The van der Waals surface area contributed by atoms with E-state index in [1.54, 1.807) is 31.4 Å². The van der Waals surface area contributed by atoms with Gasteiger partial charge in [0, 0.05) is 30.1 Å². The first-order valence-corrected chi connectivity index (χ1v) is 9.35. The molecule has 2 aromatic rings. The van der Waals surface area contributed by atoms with Crippen LogP contribution >= 0.6 is 24.0 Å². The largest absolute Gasteiger partial charge is 0.493 e. The monoisotopic (exact) mass is 554 g/mol. The molecule has 0 unspecified atom stereocenters. The lowest BCUT2D eigenvalue weighted by molar-refractivity contribution is -0.154. The summed E-state index contributed by atoms with van der Waals surface area (Å²) in [6.45, 7) is 3.54. The van der Waals surface area contributed by atoms with Gasteiger partial charge in [-0.2, -0.15) is 13.2 Å². The lowest BCUT2D eigenvalue weighted by Crippen LogP contribution is -2.30. The number of aliphatic imine (C=N–C) groups is 1. The molecule has 0 spiro atoms. The van der Waals surface area contributed by atoms with Gasteiger partial charge in [0.05, 0.1) is 20.3 Å². The van der Waals surface area contributed by atoms with Crippen molar-refractivity contribution in [1.82, 2.24) is 10.3 Å². The van der Waals surface area contributed by atoms with Crippen molar-refractivity contribution in [3.8, 4) is 17.4 Å².